The van der Waals surface area contributed by atoms with E-state index in [2.05, 4.69) is 55.4 Å². The molecule has 0 spiro atoms. The predicted molar refractivity (Wildman–Crippen MR) is 98.1 cm³/mol. The number of hydrogen-bond donors (Lipinski definition) is 0. The molecule has 0 atom stereocenters. The molecule has 0 amide bonds. The Morgan fingerprint density at radius 1 is 0.636 bits per heavy atom. The molecule has 0 fully saturated rings. The standard InChI is InChI=1S/C16H38O4Si2/c1-9-11-17-21(18-12-10-2)13-14-22(19-15(3,4)5)20-16(6,7)8/h21-22H,9-14H2,1-8H3. The van der Waals surface area contributed by atoms with Gasteiger partial charge in [0, 0.05) is 24.4 Å². The van der Waals surface area contributed by atoms with Crippen LogP contribution in [0.4, 0.5) is 0 Å². The maximum atomic E-state index is 6.20. The van der Waals surface area contributed by atoms with E-state index in [4.69, 9.17) is 17.7 Å². The van der Waals surface area contributed by atoms with Crippen LogP contribution in [0, 0.1) is 0 Å². The summed E-state index contributed by atoms with van der Waals surface area (Å²) in [6.45, 7) is 18.4. The van der Waals surface area contributed by atoms with E-state index < -0.39 is 18.6 Å². The van der Waals surface area contributed by atoms with Gasteiger partial charge >= 0.3 is 18.6 Å². The summed E-state index contributed by atoms with van der Waals surface area (Å²) < 4.78 is 24.3. The molecule has 0 rings (SSSR count). The van der Waals surface area contributed by atoms with Crippen LogP contribution >= 0.6 is 0 Å². The Bertz CT molecular complexity index is 250. The highest BCUT2D eigenvalue weighted by Gasteiger charge is 2.28. The molecule has 0 aromatic heterocycles. The normalized spacial score (nSPS) is 13.4. The van der Waals surface area contributed by atoms with E-state index in [0.29, 0.717) is 0 Å². The lowest BCUT2D eigenvalue weighted by atomic mass is 10.2. The highest BCUT2D eigenvalue weighted by Crippen LogP contribution is 2.20. The zero-order valence-electron chi connectivity index (χ0n) is 16.0. The highest BCUT2D eigenvalue weighted by molar-refractivity contribution is 6.51. The summed E-state index contributed by atoms with van der Waals surface area (Å²) in [5.41, 5.74) is -0.318. The Kier molecular flexibility index (Phi) is 11.1. The average molecular weight is 351 g/mol. The van der Waals surface area contributed by atoms with Crippen molar-refractivity contribution < 1.29 is 17.7 Å². The van der Waals surface area contributed by atoms with E-state index in [1.54, 1.807) is 0 Å². The first-order valence-corrected chi connectivity index (χ1v) is 12.2. The quantitative estimate of drug-likeness (QED) is 0.529. The topological polar surface area (TPSA) is 36.9 Å². The van der Waals surface area contributed by atoms with Crippen LogP contribution in [-0.4, -0.2) is 43.0 Å². The molecule has 0 bridgehead atoms. The summed E-state index contributed by atoms with van der Waals surface area (Å²) in [4.78, 5) is 0. The number of hydrogen-bond acceptors (Lipinski definition) is 4. The van der Waals surface area contributed by atoms with Crippen LogP contribution in [0.2, 0.25) is 12.1 Å². The number of rotatable bonds is 11. The third-order valence-corrected chi connectivity index (χ3v) is 8.05. The minimum atomic E-state index is -1.73. The maximum Gasteiger partial charge on any atom is 0.322 e. The third kappa shape index (κ3) is 13.9. The van der Waals surface area contributed by atoms with Gasteiger partial charge in [-0.1, -0.05) is 13.8 Å². The summed E-state index contributed by atoms with van der Waals surface area (Å²) in [7, 11) is -3.32. The predicted octanol–water partition coefficient (Wildman–Crippen LogP) is 3.91. The monoisotopic (exact) mass is 350 g/mol. The smallest absolute Gasteiger partial charge is 0.322 e. The van der Waals surface area contributed by atoms with E-state index in [0.717, 1.165) is 38.1 Å². The van der Waals surface area contributed by atoms with Crippen LogP contribution in [0.3, 0.4) is 0 Å². The summed E-state index contributed by atoms with van der Waals surface area (Å²) in [6, 6.07) is 1.93. The first-order chi connectivity index (χ1) is 10.1. The van der Waals surface area contributed by atoms with Crippen LogP contribution in [0.15, 0.2) is 0 Å². The molecule has 6 heteroatoms. The Balaban J connectivity index is 4.52. The fourth-order valence-corrected chi connectivity index (χ4v) is 7.38. The molecule has 0 heterocycles. The minimum Gasteiger partial charge on any atom is -0.397 e. The van der Waals surface area contributed by atoms with E-state index >= 15 is 0 Å². The summed E-state index contributed by atoms with van der Waals surface area (Å²) >= 11 is 0. The molecular weight excluding hydrogens is 312 g/mol. The van der Waals surface area contributed by atoms with Gasteiger partial charge in [-0.15, -0.1) is 0 Å². The van der Waals surface area contributed by atoms with Gasteiger partial charge in [0.05, 0.1) is 0 Å². The van der Waals surface area contributed by atoms with Gasteiger partial charge in [-0.05, 0) is 66.5 Å². The van der Waals surface area contributed by atoms with Crippen LogP contribution in [-0.2, 0) is 17.7 Å². The molecule has 0 N–H and O–H groups in total. The molecule has 0 aromatic rings. The fraction of sp³-hybridized carbons (Fsp3) is 1.00. The van der Waals surface area contributed by atoms with E-state index in [-0.39, 0.29) is 11.2 Å². The van der Waals surface area contributed by atoms with Gasteiger partial charge in [-0.25, -0.2) is 0 Å². The van der Waals surface area contributed by atoms with E-state index in [1.165, 1.54) is 0 Å². The molecule has 0 unspecified atom stereocenters. The van der Waals surface area contributed by atoms with E-state index in [1.807, 2.05) is 0 Å². The van der Waals surface area contributed by atoms with Gasteiger partial charge in [0.15, 0.2) is 0 Å². The van der Waals surface area contributed by atoms with Crippen LogP contribution in [0.1, 0.15) is 68.2 Å². The molecule has 0 aromatic carbocycles. The van der Waals surface area contributed by atoms with Crippen molar-refractivity contribution in [2.24, 2.45) is 0 Å². The molecule has 0 radical (unpaired) electrons. The lowest BCUT2D eigenvalue weighted by Gasteiger charge is -2.32. The van der Waals surface area contributed by atoms with Crippen molar-refractivity contribution >= 4 is 18.6 Å². The second-order valence-corrected chi connectivity index (χ2v) is 11.6. The first-order valence-electron chi connectivity index (χ1n) is 8.66. The van der Waals surface area contributed by atoms with Crippen molar-refractivity contribution in [1.29, 1.82) is 0 Å². The van der Waals surface area contributed by atoms with Gasteiger partial charge < -0.3 is 17.7 Å². The van der Waals surface area contributed by atoms with Gasteiger partial charge in [0.25, 0.3) is 0 Å². The molecule has 4 nitrogen and oxygen atoms in total. The van der Waals surface area contributed by atoms with Gasteiger partial charge in [-0.2, -0.15) is 0 Å². The molecule has 0 saturated heterocycles. The van der Waals surface area contributed by atoms with Crippen molar-refractivity contribution in [3.8, 4) is 0 Å². The summed E-state index contributed by atoms with van der Waals surface area (Å²) in [5, 5.41) is 0. The summed E-state index contributed by atoms with van der Waals surface area (Å²) in [6.07, 6.45) is 2.08. The minimum absolute atomic E-state index is 0.159. The molecule has 0 saturated carbocycles. The van der Waals surface area contributed by atoms with Crippen molar-refractivity contribution in [2.75, 3.05) is 13.2 Å². The Morgan fingerprint density at radius 2 is 1.00 bits per heavy atom. The molecular formula is C16H38O4Si2. The third-order valence-electron chi connectivity index (χ3n) is 2.62. The van der Waals surface area contributed by atoms with Crippen LogP contribution < -0.4 is 0 Å². The van der Waals surface area contributed by atoms with Gasteiger partial charge in [0.1, 0.15) is 0 Å². The Hall–Kier alpha value is 0.274. The highest BCUT2D eigenvalue weighted by atomic mass is 28.3. The zero-order chi connectivity index (χ0) is 17.2. The van der Waals surface area contributed by atoms with Crippen molar-refractivity contribution in [2.45, 2.75) is 91.5 Å². The molecule has 0 aliphatic heterocycles. The first kappa shape index (κ1) is 22.3. The van der Waals surface area contributed by atoms with Gasteiger partial charge in [0.2, 0.25) is 0 Å². The van der Waals surface area contributed by atoms with Crippen molar-refractivity contribution in [3.63, 3.8) is 0 Å². The largest absolute Gasteiger partial charge is 0.397 e. The Labute approximate surface area is 141 Å². The van der Waals surface area contributed by atoms with Crippen molar-refractivity contribution in [3.05, 3.63) is 0 Å². The van der Waals surface area contributed by atoms with Crippen LogP contribution in [0.25, 0.3) is 0 Å². The Morgan fingerprint density at radius 3 is 1.32 bits per heavy atom. The van der Waals surface area contributed by atoms with Crippen molar-refractivity contribution in [1.82, 2.24) is 0 Å². The lowest BCUT2D eigenvalue weighted by Crippen LogP contribution is -2.39. The fourth-order valence-electron chi connectivity index (χ4n) is 1.92. The SMILES string of the molecule is CCCO[SiH](CC[SiH](OC(C)(C)C)OC(C)(C)C)OCCC. The molecule has 0 aliphatic rings. The lowest BCUT2D eigenvalue weighted by molar-refractivity contribution is 0.0340. The van der Waals surface area contributed by atoms with E-state index in [9.17, 15) is 0 Å². The van der Waals surface area contributed by atoms with Crippen LogP contribution in [0.5, 0.6) is 0 Å². The second kappa shape index (κ2) is 10.9. The maximum absolute atomic E-state index is 6.20. The summed E-state index contributed by atoms with van der Waals surface area (Å²) in [5.74, 6) is 0. The average Bonchev–Trinajstić information content (AvgIpc) is 2.34. The molecule has 0 aliphatic carbocycles. The molecule has 22 heavy (non-hydrogen) atoms. The zero-order valence-corrected chi connectivity index (χ0v) is 18.3. The van der Waals surface area contributed by atoms with Gasteiger partial charge in [-0.3, -0.25) is 0 Å². The molecule has 134 valence electrons. The second-order valence-electron chi connectivity index (χ2n) is 7.64.